The summed E-state index contributed by atoms with van der Waals surface area (Å²) < 4.78 is 0. The standard InChI is InChI=1S/C18H21NO/c1-13(2)14(3)18(20)19-17-11-9-16(10-12-17)15-7-5-4-6-8-15/h4-14H,1-3H3,(H,19,20). The van der Waals surface area contributed by atoms with Gasteiger partial charge in [0.2, 0.25) is 5.91 Å². The number of hydrogen-bond acceptors (Lipinski definition) is 1. The maximum Gasteiger partial charge on any atom is 0.227 e. The van der Waals surface area contributed by atoms with Crippen LogP contribution in [0.3, 0.4) is 0 Å². The van der Waals surface area contributed by atoms with Gasteiger partial charge in [-0.15, -0.1) is 0 Å². The molecule has 0 radical (unpaired) electrons. The molecule has 1 N–H and O–H groups in total. The Morgan fingerprint density at radius 3 is 1.95 bits per heavy atom. The summed E-state index contributed by atoms with van der Waals surface area (Å²) in [6, 6.07) is 18.2. The van der Waals surface area contributed by atoms with Crippen LogP contribution in [0.1, 0.15) is 20.8 Å². The van der Waals surface area contributed by atoms with Crippen molar-refractivity contribution in [1.82, 2.24) is 0 Å². The molecule has 2 aromatic rings. The summed E-state index contributed by atoms with van der Waals surface area (Å²) >= 11 is 0. The molecule has 0 aliphatic rings. The van der Waals surface area contributed by atoms with Crippen LogP contribution in [0, 0.1) is 11.8 Å². The first kappa shape index (κ1) is 14.3. The quantitative estimate of drug-likeness (QED) is 0.862. The third-order valence-electron chi connectivity index (χ3n) is 3.67. The molecule has 0 aromatic heterocycles. The molecule has 2 aromatic carbocycles. The Hall–Kier alpha value is -2.09. The smallest absolute Gasteiger partial charge is 0.227 e. The highest BCUT2D eigenvalue weighted by Gasteiger charge is 2.16. The number of carbonyl (C=O) groups is 1. The van der Waals surface area contributed by atoms with Gasteiger partial charge in [-0.1, -0.05) is 63.2 Å². The van der Waals surface area contributed by atoms with Crippen molar-refractivity contribution in [3.63, 3.8) is 0 Å². The molecule has 0 aliphatic heterocycles. The lowest BCUT2D eigenvalue weighted by atomic mass is 9.97. The highest BCUT2D eigenvalue weighted by atomic mass is 16.1. The average Bonchev–Trinajstić information content (AvgIpc) is 2.48. The van der Waals surface area contributed by atoms with Gasteiger partial charge >= 0.3 is 0 Å². The summed E-state index contributed by atoms with van der Waals surface area (Å²) in [7, 11) is 0. The van der Waals surface area contributed by atoms with Crippen molar-refractivity contribution in [1.29, 1.82) is 0 Å². The molecule has 1 unspecified atom stereocenters. The second-order valence-electron chi connectivity index (χ2n) is 5.47. The van der Waals surface area contributed by atoms with Crippen LogP contribution in [0.4, 0.5) is 5.69 Å². The molecule has 0 bridgehead atoms. The van der Waals surface area contributed by atoms with E-state index in [1.165, 1.54) is 5.56 Å². The van der Waals surface area contributed by atoms with E-state index in [4.69, 9.17) is 0 Å². The Balaban J connectivity index is 2.08. The van der Waals surface area contributed by atoms with Crippen LogP contribution in [-0.4, -0.2) is 5.91 Å². The Labute approximate surface area is 120 Å². The monoisotopic (exact) mass is 267 g/mol. The van der Waals surface area contributed by atoms with Crippen LogP contribution in [0.2, 0.25) is 0 Å². The van der Waals surface area contributed by atoms with Gasteiger partial charge in [0.25, 0.3) is 0 Å². The number of rotatable bonds is 4. The van der Waals surface area contributed by atoms with E-state index >= 15 is 0 Å². The zero-order valence-electron chi connectivity index (χ0n) is 12.3. The topological polar surface area (TPSA) is 29.1 Å². The van der Waals surface area contributed by atoms with E-state index in [9.17, 15) is 4.79 Å². The van der Waals surface area contributed by atoms with E-state index in [1.807, 2.05) is 49.4 Å². The summed E-state index contributed by atoms with van der Waals surface area (Å²) in [6.45, 7) is 6.07. The number of hydrogen-bond donors (Lipinski definition) is 1. The normalized spacial score (nSPS) is 12.2. The lowest BCUT2D eigenvalue weighted by Gasteiger charge is -2.15. The van der Waals surface area contributed by atoms with Gasteiger partial charge in [-0.05, 0) is 29.2 Å². The Kier molecular flexibility index (Phi) is 4.57. The highest BCUT2D eigenvalue weighted by Crippen LogP contribution is 2.21. The van der Waals surface area contributed by atoms with Crippen molar-refractivity contribution in [2.75, 3.05) is 5.32 Å². The third kappa shape index (κ3) is 3.47. The molecule has 0 saturated carbocycles. The first-order valence-electron chi connectivity index (χ1n) is 7.04. The number of nitrogens with one attached hydrogen (secondary N) is 1. The van der Waals surface area contributed by atoms with Crippen molar-refractivity contribution in [3.8, 4) is 11.1 Å². The van der Waals surface area contributed by atoms with Gasteiger partial charge in [-0.3, -0.25) is 4.79 Å². The Morgan fingerprint density at radius 1 is 0.850 bits per heavy atom. The van der Waals surface area contributed by atoms with Gasteiger partial charge in [-0.25, -0.2) is 0 Å². The molecule has 20 heavy (non-hydrogen) atoms. The van der Waals surface area contributed by atoms with Crippen LogP contribution in [0.15, 0.2) is 54.6 Å². The molecular weight excluding hydrogens is 246 g/mol. The van der Waals surface area contributed by atoms with Crippen LogP contribution >= 0.6 is 0 Å². The Morgan fingerprint density at radius 2 is 1.40 bits per heavy atom. The predicted molar refractivity (Wildman–Crippen MR) is 84.5 cm³/mol. The summed E-state index contributed by atoms with van der Waals surface area (Å²) in [5, 5.41) is 2.96. The molecule has 1 amide bonds. The molecule has 0 aliphatic carbocycles. The van der Waals surface area contributed by atoms with Gasteiger partial charge in [0.15, 0.2) is 0 Å². The fourth-order valence-corrected chi connectivity index (χ4v) is 1.94. The third-order valence-corrected chi connectivity index (χ3v) is 3.67. The molecule has 2 nitrogen and oxygen atoms in total. The molecule has 0 spiro atoms. The number of amides is 1. The number of anilines is 1. The van der Waals surface area contributed by atoms with Crippen molar-refractivity contribution in [2.45, 2.75) is 20.8 Å². The largest absolute Gasteiger partial charge is 0.326 e. The van der Waals surface area contributed by atoms with Crippen molar-refractivity contribution < 1.29 is 4.79 Å². The fourth-order valence-electron chi connectivity index (χ4n) is 1.94. The Bertz CT molecular complexity index is 558. The molecule has 0 saturated heterocycles. The minimum Gasteiger partial charge on any atom is -0.326 e. The first-order chi connectivity index (χ1) is 9.58. The molecule has 0 fully saturated rings. The van der Waals surface area contributed by atoms with E-state index in [0.717, 1.165) is 11.3 Å². The van der Waals surface area contributed by atoms with Crippen LogP contribution in [-0.2, 0) is 4.79 Å². The lowest BCUT2D eigenvalue weighted by Crippen LogP contribution is -2.24. The summed E-state index contributed by atoms with van der Waals surface area (Å²) in [5.41, 5.74) is 3.18. The van der Waals surface area contributed by atoms with E-state index in [-0.39, 0.29) is 11.8 Å². The van der Waals surface area contributed by atoms with E-state index in [1.54, 1.807) is 0 Å². The molecule has 1 atom stereocenters. The molecule has 2 rings (SSSR count). The minimum absolute atomic E-state index is 0.0174. The van der Waals surface area contributed by atoms with Crippen LogP contribution in [0.5, 0.6) is 0 Å². The zero-order valence-corrected chi connectivity index (χ0v) is 12.3. The van der Waals surface area contributed by atoms with E-state index < -0.39 is 0 Å². The minimum atomic E-state index is 0.0174. The van der Waals surface area contributed by atoms with Crippen molar-refractivity contribution >= 4 is 11.6 Å². The van der Waals surface area contributed by atoms with E-state index in [2.05, 4.69) is 31.3 Å². The SMILES string of the molecule is CC(C)C(C)C(=O)Nc1ccc(-c2ccccc2)cc1. The van der Waals surface area contributed by atoms with Crippen LogP contribution < -0.4 is 5.32 Å². The first-order valence-corrected chi connectivity index (χ1v) is 7.04. The zero-order chi connectivity index (χ0) is 14.5. The lowest BCUT2D eigenvalue weighted by molar-refractivity contribution is -0.120. The van der Waals surface area contributed by atoms with Crippen molar-refractivity contribution in [3.05, 3.63) is 54.6 Å². The maximum absolute atomic E-state index is 12.0. The predicted octanol–water partition coefficient (Wildman–Crippen LogP) is 4.58. The van der Waals surface area contributed by atoms with Crippen LogP contribution in [0.25, 0.3) is 11.1 Å². The number of benzene rings is 2. The van der Waals surface area contributed by atoms with E-state index in [0.29, 0.717) is 5.92 Å². The van der Waals surface area contributed by atoms with Gasteiger partial charge in [-0.2, -0.15) is 0 Å². The summed E-state index contributed by atoms with van der Waals surface area (Å²) in [4.78, 5) is 12.0. The fraction of sp³-hybridized carbons (Fsp3) is 0.278. The van der Waals surface area contributed by atoms with Gasteiger partial charge in [0, 0.05) is 11.6 Å². The second-order valence-corrected chi connectivity index (χ2v) is 5.47. The average molecular weight is 267 g/mol. The second kappa shape index (κ2) is 6.38. The van der Waals surface area contributed by atoms with Gasteiger partial charge in [0.1, 0.15) is 0 Å². The molecular formula is C18H21NO. The molecule has 0 heterocycles. The van der Waals surface area contributed by atoms with Gasteiger partial charge in [0.05, 0.1) is 0 Å². The molecule has 2 heteroatoms. The highest BCUT2D eigenvalue weighted by molar-refractivity contribution is 5.92. The maximum atomic E-state index is 12.0. The van der Waals surface area contributed by atoms with Crippen molar-refractivity contribution in [2.24, 2.45) is 11.8 Å². The van der Waals surface area contributed by atoms with Gasteiger partial charge < -0.3 is 5.32 Å². The summed E-state index contributed by atoms with van der Waals surface area (Å²) in [5.74, 6) is 0.440. The number of carbonyl (C=O) groups excluding carboxylic acids is 1. The summed E-state index contributed by atoms with van der Waals surface area (Å²) in [6.07, 6.45) is 0. The molecule has 104 valence electrons.